The monoisotopic (exact) mass is 477 g/mol. The van der Waals surface area contributed by atoms with E-state index in [0.717, 1.165) is 12.0 Å². The van der Waals surface area contributed by atoms with E-state index in [2.05, 4.69) is 5.32 Å². The lowest BCUT2D eigenvalue weighted by Gasteiger charge is -2.24. The minimum atomic E-state index is -3.82. The molecule has 0 spiro atoms. The number of nitrogens with one attached hydrogen (secondary N) is 1. The van der Waals surface area contributed by atoms with E-state index in [4.69, 9.17) is 22.1 Å². The van der Waals surface area contributed by atoms with Crippen molar-refractivity contribution in [2.45, 2.75) is 23.9 Å². The Morgan fingerprint density at radius 1 is 1.22 bits per heavy atom. The number of anilines is 1. The molecule has 2 aromatic carbocycles. The summed E-state index contributed by atoms with van der Waals surface area (Å²) < 4.78 is 31.1. The van der Waals surface area contributed by atoms with Gasteiger partial charge >= 0.3 is 0 Å². The molecule has 0 aromatic heterocycles. The second kappa shape index (κ2) is 9.19. The highest BCUT2D eigenvalue weighted by molar-refractivity contribution is 7.91. The molecule has 170 valence electrons. The second-order valence-electron chi connectivity index (χ2n) is 8.06. The van der Waals surface area contributed by atoms with Crippen LogP contribution in [-0.2, 0) is 25.9 Å². The molecular weight excluding hydrogens is 454 g/mol. The van der Waals surface area contributed by atoms with Crippen LogP contribution < -0.4 is 16.0 Å². The maximum Gasteiger partial charge on any atom is 0.251 e. The fourth-order valence-electron chi connectivity index (χ4n) is 3.87. The number of rotatable bonds is 5. The Morgan fingerprint density at radius 2 is 1.97 bits per heavy atom. The molecule has 1 unspecified atom stereocenters. The predicted octanol–water partition coefficient (Wildman–Crippen LogP) is 1.75. The molecule has 1 fully saturated rings. The number of amides is 2. The first-order chi connectivity index (χ1) is 15.2. The third-order valence-electron chi connectivity index (χ3n) is 5.66. The second-order valence-corrected chi connectivity index (χ2v) is 10.5. The summed E-state index contributed by atoms with van der Waals surface area (Å²) in [4.78, 5) is 27.1. The molecule has 2 aliphatic rings. The van der Waals surface area contributed by atoms with Crippen molar-refractivity contribution in [3.8, 4) is 0 Å². The molecule has 2 aliphatic heterocycles. The average molecular weight is 478 g/mol. The minimum absolute atomic E-state index is 0.0199. The highest BCUT2D eigenvalue weighted by atomic mass is 35.5. The van der Waals surface area contributed by atoms with Gasteiger partial charge in [0.15, 0.2) is 9.84 Å². The van der Waals surface area contributed by atoms with Crippen molar-refractivity contribution in [1.82, 2.24) is 5.32 Å². The summed E-state index contributed by atoms with van der Waals surface area (Å²) in [5.74, 6) is -1.11. The molecule has 32 heavy (non-hydrogen) atoms. The Morgan fingerprint density at radius 3 is 2.66 bits per heavy atom. The summed E-state index contributed by atoms with van der Waals surface area (Å²) >= 11 is 5.95. The summed E-state index contributed by atoms with van der Waals surface area (Å²) in [7, 11) is -3.82. The molecule has 0 aliphatic carbocycles. The van der Waals surface area contributed by atoms with E-state index < -0.39 is 27.5 Å². The molecule has 0 bridgehead atoms. The molecule has 8 nitrogen and oxygen atoms in total. The average Bonchev–Trinajstić information content (AvgIpc) is 3.27. The van der Waals surface area contributed by atoms with E-state index in [-0.39, 0.29) is 34.5 Å². The third kappa shape index (κ3) is 4.80. The Kier molecular flexibility index (Phi) is 6.52. The molecule has 4 rings (SSSR count). The van der Waals surface area contributed by atoms with Gasteiger partial charge in [-0.15, -0.1) is 0 Å². The Hall–Kier alpha value is -2.46. The molecule has 2 heterocycles. The number of carbonyl (C=O) groups excluding carboxylic acids is 2. The van der Waals surface area contributed by atoms with E-state index in [1.54, 1.807) is 24.3 Å². The van der Waals surface area contributed by atoms with Crippen molar-refractivity contribution < 1.29 is 22.7 Å². The molecule has 1 saturated heterocycles. The highest BCUT2D eigenvalue weighted by Gasteiger charge is 2.36. The van der Waals surface area contributed by atoms with Crippen LogP contribution in [-0.4, -0.2) is 51.8 Å². The number of sulfone groups is 1. The first-order valence-corrected chi connectivity index (χ1v) is 12.3. The summed E-state index contributed by atoms with van der Waals surface area (Å²) in [6, 6.07) is 9.94. The number of benzene rings is 2. The standard InChI is InChI=1S/C22H24ClN3O5S/c23-17-4-1-14(2-5-17)11-26-19-9-16(21(27)25-10-15-7-8-31-12-15)3-6-20(19)32(29,30)13-18(24)22(26)28/h1-6,9,15,18H,7-8,10-13,24H2,(H,25,27)/t15?,18-/m0/s1. The van der Waals surface area contributed by atoms with Crippen LogP contribution in [0.15, 0.2) is 47.4 Å². The van der Waals surface area contributed by atoms with Gasteiger partial charge in [-0.2, -0.15) is 0 Å². The first kappa shape index (κ1) is 22.7. The molecule has 0 saturated carbocycles. The minimum Gasteiger partial charge on any atom is -0.381 e. The molecule has 2 aromatic rings. The Labute approximate surface area is 191 Å². The van der Waals surface area contributed by atoms with E-state index in [0.29, 0.717) is 24.8 Å². The van der Waals surface area contributed by atoms with Crippen LogP contribution in [0.1, 0.15) is 22.3 Å². The lowest BCUT2D eigenvalue weighted by atomic mass is 10.1. The summed E-state index contributed by atoms with van der Waals surface area (Å²) in [5, 5.41) is 3.41. The van der Waals surface area contributed by atoms with Gasteiger partial charge in [-0.25, -0.2) is 8.42 Å². The normalized spacial score (nSPS) is 22.3. The highest BCUT2D eigenvalue weighted by Crippen LogP contribution is 2.32. The summed E-state index contributed by atoms with van der Waals surface area (Å²) in [5.41, 5.74) is 7.09. The third-order valence-corrected chi connectivity index (χ3v) is 7.72. The fourth-order valence-corrected chi connectivity index (χ4v) is 5.55. The molecule has 10 heteroatoms. The maximum atomic E-state index is 13.0. The smallest absolute Gasteiger partial charge is 0.251 e. The van der Waals surface area contributed by atoms with Crippen molar-refractivity contribution in [2.75, 3.05) is 30.4 Å². The number of ether oxygens (including phenoxy) is 1. The molecule has 3 N–H and O–H groups in total. The van der Waals surface area contributed by atoms with Gasteiger partial charge in [-0.3, -0.25) is 9.59 Å². The summed E-state index contributed by atoms with van der Waals surface area (Å²) in [6.07, 6.45) is 0.879. The first-order valence-electron chi connectivity index (χ1n) is 10.3. The van der Waals surface area contributed by atoms with Crippen molar-refractivity contribution in [1.29, 1.82) is 0 Å². The van der Waals surface area contributed by atoms with Gasteiger partial charge in [-0.1, -0.05) is 23.7 Å². The number of fused-ring (bicyclic) bond motifs is 1. The van der Waals surface area contributed by atoms with Crippen LogP contribution in [0.3, 0.4) is 0 Å². The SMILES string of the molecule is N[C@H]1CS(=O)(=O)c2ccc(C(=O)NCC3CCOC3)cc2N(Cc2ccc(Cl)cc2)C1=O. The fraction of sp³-hybridized carbons (Fsp3) is 0.364. The van der Waals surface area contributed by atoms with Crippen molar-refractivity contribution in [2.24, 2.45) is 11.7 Å². The van der Waals surface area contributed by atoms with Crippen LogP contribution in [0, 0.1) is 5.92 Å². The topological polar surface area (TPSA) is 119 Å². The zero-order valence-corrected chi connectivity index (χ0v) is 18.9. The Balaban J connectivity index is 1.68. The lowest BCUT2D eigenvalue weighted by molar-refractivity contribution is -0.119. The van der Waals surface area contributed by atoms with Gasteiger partial charge in [-0.05, 0) is 42.3 Å². The molecule has 2 amide bonds. The van der Waals surface area contributed by atoms with Gasteiger partial charge in [0.05, 0.1) is 35.5 Å². The summed E-state index contributed by atoms with van der Waals surface area (Å²) in [6.45, 7) is 1.84. The van der Waals surface area contributed by atoms with E-state index >= 15 is 0 Å². The zero-order valence-electron chi connectivity index (χ0n) is 17.3. The number of carbonyl (C=O) groups is 2. The number of hydrogen-bond acceptors (Lipinski definition) is 6. The number of nitrogens with two attached hydrogens (primary N) is 1. The van der Waals surface area contributed by atoms with Crippen LogP contribution in [0.4, 0.5) is 5.69 Å². The van der Waals surface area contributed by atoms with E-state index in [1.807, 2.05) is 0 Å². The largest absolute Gasteiger partial charge is 0.381 e. The maximum absolute atomic E-state index is 13.0. The number of hydrogen-bond donors (Lipinski definition) is 2. The van der Waals surface area contributed by atoms with Gasteiger partial charge in [0.2, 0.25) is 5.91 Å². The van der Waals surface area contributed by atoms with Crippen LogP contribution >= 0.6 is 11.6 Å². The van der Waals surface area contributed by atoms with Gasteiger partial charge in [0, 0.05) is 29.7 Å². The number of nitrogens with zero attached hydrogens (tertiary/aromatic N) is 1. The quantitative estimate of drug-likeness (QED) is 0.677. The number of halogens is 1. The lowest BCUT2D eigenvalue weighted by Crippen LogP contribution is -2.45. The van der Waals surface area contributed by atoms with Crippen LogP contribution in [0.5, 0.6) is 0 Å². The van der Waals surface area contributed by atoms with Gasteiger partial charge in [0.1, 0.15) is 0 Å². The van der Waals surface area contributed by atoms with E-state index in [1.165, 1.54) is 23.1 Å². The molecular formula is C22H24ClN3O5S. The van der Waals surface area contributed by atoms with Crippen molar-refractivity contribution in [3.05, 3.63) is 58.6 Å². The Bertz CT molecular complexity index is 1130. The molecule has 0 radical (unpaired) electrons. The zero-order chi connectivity index (χ0) is 22.9. The van der Waals surface area contributed by atoms with Gasteiger partial charge in [0.25, 0.3) is 5.91 Å². The van der Waals surface area contributed by atoms with Crippen molar-refractivity contribution in [3.63, 3.8) is 0 Å². The van der Waals surface area contributed by atoms with Crippen LogP contribution in [0.2, 0.25) is 5.02 Å². The molecule has 2 atom stereocenters. The van der Waals surface area contributed by atoms with Crippen molar-refractivity contribution >= 4 is 38.9 Å². The van der Waals surface area contributed by atoms with Crippen LogP contribution in [0.25, 0.3) is 0 Å². The predicted molar refractivity (Wildman–Crippen MR) is 120 cm³/mol. The van der Waals surface area contributed by atoms with E-state index in [9.17, 15) is 18.0 Å². The van der Waals surface area contributed by atoms with Gasteiger partial charge < -0.3 is 20.7 Å².